The van der Waals surface area contributed by atoms with Crippen molar-refractivity contribution in [3.63, 3.8) is 0 Å². The predicted molar refractivity (Wildman–Crippen MR) is 73.8 cm³/mol. The molecule has 2 rings (SSSR count). The van der Waals surface area contributed by atoms with Crippen molar-refractivity contribution in [3.8, 4) is 0 Å². The van der Waals surface area contributed by atoms with Crippen molar-refractivity contribution in [3.05, 3.63) is 39.7 Å². The van der Waals surface area contributed by atoms with Crippen molar-refractivity contribution in [2.24, 2.45) is 10.7 Å². The van der Waals surface area contributed by atoms with Crippen LogP contribution >= 0.6 is 0 Å². The van der Waals surface area contributed by atoms with Crippen molar-refractivity contribution in [1.82, 2.24) is 0 Å². The van der Waals surface area contributed by atoms with E-state index in [0.29, 0.717) is 0 Å². The molecule has 1 aromatic carbocycles. The number of rotatable bonds is 4. The van der Waals surface area contributed by atoms with Gasteiger partial charge in [-0.05, 0) is 13.0 Å². The highest BCUT2D eigenvalue weighted by Gasteiger charge is 2.45. The molecule has 0 unspecified atom stereocenters. The highest BCUT2D eigenvalue weighted by Crippen LogP contribution is 2.37. The molecule has 0 saturated heterocycles. The first-order chi connectivity index (χ1) is 11.0. The van der Waals surface area contributed by atoms with E-state index in [1.807, 2.05) is 0 Å². The summed E-state index contributed by atoms with van der Waals surface area (Å²) < 4.78 is 61.0. The monoisotopic (exact) mass is 351 g/mol. The zero-order chi connectivity index (χ0) is 18.1. The number of nitro groups is 1. The van der Waals surface area contributed by atoms with Crippen LogP contribution in [0.4, 0.5) is 23.2 Å². The maximum absolute atomic E-state index is 14.2. The van der Waals surface area contributed by atoms with E-state index >= 15 is 0 Å². The van der Waals surface area contributed by atoms with Gasteiger partial charge in [-0.1, -0.05) is 0 Å². The van der Waals surface area contributed by atoms with E-state index in [0.717, 1.165) is 18.2 Å². The number of alkyl halides is 3. The zero-order valence-electron chi connectivity index (χ0n) is 12.3. The van der Waals surface area contributed by atoms with Gasteiger partial charge in [0.1, 0.15) is 30.7 Å². The van der Waals surface area contributed by atoms with Crippen LogP contribution < -0.4 is 5.73 Å². The highest BCUT2D eigenvalue weighted by molar-refractivity contribution is 5.73. The molecule has 0 spiro atoms. The highest BCUT2D eigenvalue weighted by atomic mass is 19.4. The molecule has 0 bridgehead atoms. The lowest BCUT2D eigenvalue weighted by Crippen LogP contribution is -2.48. The van der Waals surface area contributed by atoms with E-state index in [9.17, 15) is 27.7 Å². The Labute approximate surface area is 133 Å². The molecule has 132 valence electrons. The molecule has 2 N–H and O–H groups in total. The van der Waals surface area contributed by atoms with E-state index < -0.39 is 47.5 Å². The lowest BCUT2D eigenvalue weighted by molar-refractivity contribution is -0.385. The van der Waals surface area contributed by atoms with Gasteiger partial charge in [0.15, 0.2) is 0 Å². The molecule has 2 atom stereocenters. The van der Waals surface area contributed by atoms with E-state index in [-0.39, 0.29) is 11.6 Å². The molecule has 0 saturated carbocycles. The SMILES string of the molecule is C[C@]1(c2cc([N+](=O)[O-])ccc2F)N=C(N)OC[C@@H]1OCC(F)(F)F. The lowest BCUT2D eigenvalue weighted by atomic mass is 9.85. The van der Waals surface area contributed by atoms with Gasteiger partial charge in [-0.3, -0.25) is 10.1 Å². The molecular formula is C13H13F4N3O4. The number of halogens is 4. The molecule has 0 fully saturated rings. The Balaban J connectivity index is 2.46. The second-order valence-corrected chi connectivity index (χ2v) is 5.24. The van der Waals surface area contributed by atoms with Crippen molar-refractivity contribution in [2.75, 3.05) is 13.2 Å². The van der Waals surface area contributed by atoms with Gasteiger partial charge >= 0.3 is 6.18 Å². The molecule has 1 aliphatic rings. The Morgan fingerprint density at radius 3 is 2.79 bits per heavy atom. The third kappa shape index (κ3) is 3.72. The van der Waals surface area contributed by atoms with Crippen LogP contribution in [0, 0.1) is 15.9 Å². The van der Waals surface area contributed by atoms with Crippen LogP contribution in [0.15, 0.2) is 23.2 Å². The first-order valence-corrected chi connectivity index (χ1v) is 6.64. The number of aliphatic imine (C=N–C) groups is 1. The Hall–Kier alpha value is -2.43. The van der Waals surface area contributed by atoms with Crippen molar-refractivity contribution in [2.45, 2.75) is 24.7 Å². The minimum Gasteiger partial charge on any atom is -0.463 e. The predicted octanol–water partition coefficient (Wildman–Crippen LogP) is 2.24. The van der Waals surface area contributed by atoms with Gasteiger partial charge in [-0.15, -0.1) is 0 Å². The van der Waals surface area contributed by atoms with Crippen LogP contribution in [0.5, 0.6) is 0 Å². The first kappa shape index (κ1) is 17.9. The molecule has 24 heavy (non-hydrogen) atoms. The van der Waals surface area contributed by atoms with Gasteiger partial charge in [0.2, 0.25) is 0 Å². The zero-order valence-corrected chi connectivity index (χ0v) is 12.3. The number of benzene rings is 1. The topological polar surface area (TPSA) is 100.0 Å². The summed E-state index contributed by atoms with van der Waals surface area (Å²) in [6.07, 6.45) is -5.96. The Morgan fingerprint density at radius 2 is 2.21 bits per heavy atom. The summed E-state index contributed by atoms with van der Waals surface area (Å²) in [6.45, 7) is -0.752. The van der Waals surface area contributed by atoms with Crippen LogP contribution in [0.25, 0.3) is 0 Å². The summed E-state index contributed by atoms with van der Waals surface area (Å²) in [5.74, 6) is -0.887. The van der Waals surface area contributed by atoms with Crippen LogP contribution in [0.1, 0.15) is 12.5 Å². The molecule has 0 amide bonds. The standard InChI is InChI=1S/C13H13F4N3O4/c1-12(8-4-7(20(21)22)2-3-9(8)14)10(5-23-11(18)19-12)24-6-13(15,16)17/h2-4,10H,5-6H2,1H3,(H2,18,19)/t10-,12+/m0/s1. The Kier molecular flexibility index (Phi) is 4.65. The minimum atomic E-state index is -4.62. The fourth-order valence-electron chi connectivity index (χ4n) is 2.31. The van der Waals surface area contributed by atoms with Crippen LogP contribution in [-0.2, 0) is 15.0 Å². The lowest BCUT2D eigenvalue weighted by Gasteiger charge is -2.37. The average molecular weight is 351 g/mol. The number of hydrogen-bond acceptors (Lipinski definition) is 6. The van der Waals surface area contributed by atoms with E-state index in [1.165, 1.54) is 6.92 Å². The maximum Gasteiger partial charge on any atom is 0.411 e. The fourth-order valence-corrected chi connectivity index (χ4v) is 2.31. The summed E-state index contributed by atoms with van der Waals surface area (Å²) in [6, 6.07) is 2.28. The summed E-state index contributed by atoms with van der Waals surface area (Å²) in [5.41, 5.74) is 2.96. The van der Waals surface area contributed by atoms with Crippen molar-refractivity contribution < 1.29 is 32.0 Å². The number of nitrogens with two attached hydrogens (primary N) is 1. The number of hydrogen-bond donors (Lipinski definition) is 1. The quantitative estimate of drug-likeness (QED) is 0.509. The first-order valence-electron chi connectivity index (χ1n) is 6.64. The third-order valence-corrected chi connectivity index (χ3v) is 3.51. The molecule has 11 heteroatoms. The number of ether oxygens (including phenoxy) is 2. The molecule has 7 nitrogen and oxygen atoms in total. The minimum absolute atomic E-state index is 0.310. The van der Waals surface area contributed by atoms with Gasteiger partial charge < -0.3 is 15.2 Å². The normalized spacial score (nSPS) is 24.2. The maximum atomic E-state index is 14.2. The van der Waals surface area contributed by atoms with Crippen LogP contribution in [-0.4, -0.2) is 36.4 Å². The molecule has 1 heterocycles. The number of nitro benzene ring substituents is 1. The molecule has 1 aliphatic heterocycles. The van der Waals surface area contributed by atoms with E-state index in [2.05, 4.69) is 4.99 Å². The summed E-state index contributed by atoms with van der Waals surface area (Å²) >= 11 is 0. The largest absolute Gasteiger partial charge is 0.463 e. The Bertz CT molecular complexity index is 680. The number of non-ortho nitro benzene ring substituents is 1. The van der Waals surface area contributed by atoms with Gasteiger partial charge in [0.25, 0.3) is 11.7 Å². The Morgan fingerprint density at radius 1 is 1.54 bits per heavy atom. The van der Waals surface area contributed by atoms with E-state index in [4.69, 9.17) is 15.2 Å². The smallest absolute Gasteiger partial charge is 0.411 e. The van der Waals surface area contributed by atoms with E-state index in [1.54, 1.807) is 0 Å². The van der Waals surface area contributed by atoms with Gasteiger partial charge in [-0.2, -0.15) is 13.2 Å². The van der Waals surface area contributed by atoms with Gasteiger partial charge in [0, 0.05) is 17.7 Å². The molecular weight excluding hydrogens is 338 g/mol. The summed E-state index contributed by atoms with van der Waals surface area (Å²) in [7, 11) is 0. The molecule has 0 aliphatic carbocycles. The third-order valence-electron chi connectivity index (χ3n) is 3.51. The average Bonchev–Trinajstić information content (AvgIpc) is 2.45. The van der Waals surface area contributed by atoms with Gasteiger partial charge in [0.05, 0.1) is 4.92 Å². The molecule has 0 aromatic heterocycles. The van der Waals surface area contributed by atoms with Crippen molar-refractivity contribution in [1.29, 1.82) is 0 Å². The van der Waals surface area contributed by atoms with Crippen LogP contribution in [0.2, 0.25) is 0 Å². The summed E-state index contributed by atoms with van der Waals surface area (Å²) in [4.78, 5) is 14.0. The van der Waals surface area contributed by atoms with Crippen molar-refractivity contribution >= 4 is 11.7 Å². The second kappa shape index (κ2) is 6.23. The second-order valence-electron chi connectivity index (χ2n) is 5.24. The van der Waals surface area contributed by atoms with Gasteiger partial charge in [-0.25, -0.2) is 9.38 Å². The summed E-state index contributed by atoms with van der Waals surface area (Å²) in [5, 5.41) is 10.9. The number of amidine groups is 1. The molecule has 1 aromatic rings. The van der Waals surface area contributed by atoms with Crippen LogP contribution in [0.3, 0.4) is 0 Å². The molecule has 0 radical (unpaired) electrons. The number of nitrogens with zero attached hydrogens (tertiary/aromatic N) is 2. The fraction of sp³-hybridized carbons (Fsp3) is 0.462.